The van der Waals surface area contributed by atoms with Gasteiger partial charge in [0.05, 0.1) is 45.7 Å². The Bertz CT molecular complexity index is 477. The number of ether oxygens (including phenoxy) is 1. The number of carbonyl (C=O) groups is 3. The minimum atomic E-state index is -1.08. The molecule has 0 aromatic rings. The van der Waals surface area contributed by atoms with Crippen LogP contribution in [0.3, 0.4) is 0 Å². The van der Waals surface area contributed by atoms with Gasteiger partial charge in [0.1, 0.15) is 17.7 Å². The van der Waals surface area contributed by atoms with Gasteiger partial charge in [0.15, 0.2) is 0 Å². The van der Waals surface area contributed by atoms with Gasteiger partial charge in [-0.2, -0.15) is 0 Å². The van der Waals surface area contributed by atoms with Crippen molar-refractivity contribution >= 4 is 63.7 Å². The van der Waals surface area contributed by atoms with Gasteiger partial charge in [-0.05, 0) is 32.6 Å². The molecule has 0 rings (SSSR count). The first-order valence-electron chi connectivity index (χ1n) is 7.60. The summed E-state index contributed by atoms with van der Waals surface area (Å²) in [4.78, 5) is 36.6. The van der Waals surface area contributed by atoms with Crippen LogP contribution in [0.5, 0.6) is 0 Å². The number of halogens is 2. The normalized spacial score (nSPS) is 14.3. The Morgan fingerprint density at radius 2 is 1.33 bits per heavy atom. The Morgan fingerprint density at radius 1 is 0.917 bits per heavy atom. The van der Waals surface area contributed by atoms with E-state index in [1.54, 1.807) is 94.2 Å². The van der Waals surface area contributed by atoms with E-state index in [1.165, 1.54) is 6.23 Å². The molecule has 0 saturated heterocycles. The van der Waals surface area contributed by atoms with Crippen LogP contribution in [0.15, 0.2) is 0 Å². The fourth-order valence-electron chi connectivity index (χ4n) is 1.97. The van der Waals surface area contributed by atoms with Crippen LogP contribution < -0.4 is 0 Å². The summed E-state index contributed by atoms with van der Waals surface area (Å²) in [5.41, 5.74) is -0.684. The Morgan fingerprint density at radius 3 is 1.62 bits per heavy atom. The summed E-state index contributed by atoms with van der Waals surface area (Å²) in [6.45, 7) is 12.3. The zero-order valence-electron chi connectivity index (χ0n) is 15.0. The van der Waals surface area contributed by atoms with Crippen LogP contribution >= 0.6 is 45.7 Å². The van der Waals surface area contributed by atoms with E-state index in [9.17, 15) is 19.5 Å². The van der Waals surface area contributed by atoms with Gasteiger partial charge in [-0.1, -0.05) is 27.7 Å². The number of carboxylic acids is 1. The van der Waals surface area contributed by atoms with Gasteiger partial charge in [-0.15, -0.1) is 0 Å². The lowest BCUT2D eigenvalue weighted by Crippen LogP contribution is -2.52. The quantitative estimate of drug-likeness (QED) is 0.389. The van der Waals surface area contributed by atoms with Gasteiger partial charge in [-0.25, -0.2) is 12.7 Å². The lowest BCUT2D eigenvalue weighted by Gasteiger charge is -2.34. The van der Waals surface area contributed by atoms with Crippen molar-refractivity contribution in [2.75, 3.05) is 0 Å². The maximum absolute atomic E-state index is 12.8. The highest BCUT2D eigenvalue weighted by Crippen LogP contribution is 2.26. The van der Waals surface area contributed by atoms with Gasteiger partial charge in [-0.3, -0.25) is 7.91 Å². The molecular weight excluding hydrogens is 542 g/mol. The Kier molecular flexibility index (Phi) is 9.26. The van der Waals surface area contributed by atoms with E-state index in [0.29, 0.717) is 0 Å². The van der Waals surface area contributed by atoms with Crippen molar-refractivity contribution in [3.63, 3.8) is 0 Å². The molecule has 0 unspecified atom stereocenters. The molecule has 0 fully saturated rings. The minimum absolute atomic E-state index is 0.208. The molecule has 140 valence electrons. The van der Waals surface area contributed by atoms with Gasteiger partial charge in [0.25, 0.3) is 5.91 Å². The van der Waals surface area contributed by atoms with Crippen LogP contribution in [0.2, 0.25) is 0 Å². The molecule has 0 saturated carbocycles. The predicted octanol–water partition coefficient (Wildman–Crippen LogP) is 3.89. The number of rotatable bonds is 6. The van der Waals surface area contributed by atoms with E-state index in [1.807, 2.05) is 0 Å². The SMILES string of the molecule is CC(C)[C@@H](C(=O)N(I)[C@H](C(=O)O)C(C)C)N(I)C(=O)OC(C)(C)C. The molecule has 0 aromatic heterocycles. The highest BCUT2D eigenvalue weighted by molar-refractivity contribution is 14.1. The topological polar surface area (TPSA) is 87.2 Å². The van der Waals surface area contributed by atoms with E-state index in [0.717, 1.165) is 0 Å². The lowest BCUT2D eigenvalue weighted by molar-refractivity contribution is -0.147. The molecule has 0 spiro atoms. The van der Waals surface area contributed by atoms with Crippen molar-refractivity contribution in [2.45, 2.75) is 66.2 Å². The second-order valence-electron chi connectivity index (χ2n) is 7.16. The number of carboxylic acid groups (broad SMARTS) is 1. The standard InChI is InChI=1S/C15H26I2N2O5/c1-8(2)10(19(17)14(23)24-15(5,6)7)12(20)18(16)11(9(3)4)13(21)22/h8-11H,1-7H3,(H,21,22)/t10-,11-/m0/s1. The van der Waals surface area contributed by atoms with Crippen molar-refractivity contribution in [3.8, 4) is 0 Å². The molecule has 9 heteroatoms. The number of hydrogen-bond acceptors (Lipinski definition) is 4. The zero-order valence-corrected chi connectivity index (χ0v) is 19.4. The smallest absolute Gasteiger partial charge is 0.419 e. The van der Waals surface area contributed by atoms with Gasteiger partial charge in [0, 0.05) is 0 Å². The monoisotopic (exact) mass is 568 g/mol. The zero-order chi connectivity index (χ0) is 19.4. The Labute approximate surface area is 171 Å². The van der Waals surface area contributed by atoms with Crippen molar-refractivity contribution in [3.05, 3.63) is 0 Å². The van der Waals surface area contributed by atoms with Crippen molar-refractivity contribution in [1.29, 1.82) is 0 Å². The minimum Gasteiger partial charge on any atom is -0.480 e. The molecule has 0 radical (unpaired) electrons. The molecule has 2 amide bonds. The second-order valence-corrected chi connectivity index (χ2v) is 9.24. The second kappa shape index (κ2) is 9.39. The van der Waals surface area contributed by atoms with E-state index < -0.39 is 35.7 Å². The van der Waals surface area contributed by atoms with E-state index in [-0.39, 0.29) is 11.8 Å². The third kappa shape index (κ3) is 6.89. The third-order valence-corrected chi connectivity index (χ3v) is 5.11. The summed E-state index contributed by atoms with van der Waals surface area (Å²) in [6, 6.07) is -1.79. The first-order chi connectivity index (χ1) is 10.7. The number of carbonyl (C=O) groups excluding carboxylic acids is 2. The van der Waals surface area contributed by atoms with Gasteiger partial charge >= 0.3 is 12.1 Å². The number of aliphatic carboxylic acids is 1. The summed E-state index contributed by atoms with van der Waals surface area (Å²) >= 11 is 3.47. The molecule has 0 heterocycles. The fraction of sp³-hybridized carbons (Fsp3) is 0.800. The highest BCUT2D eigenvalue weighted by Gasteiger charge is 2.40. The van der Waals surface area contributed by atoms with Gasteiger partial charge in [0.2, 0.25) is 0 Å². The fourth-order valence-corrected chi connectivity index (χ4v) is 4.12. The van der Waals surface area contributed by atoms with E-state index in [4.69, 9.17) is 4.74 Å². The van der Waals surface area contributed by atoms with Crippen molar-refractivity contribution in [1.82, 2.24) is 6.23 Å². The summed E-state index contributed by atoms with van der Waals surface area (Å²) in [7, 11) is 0. The van der Waals surface area contributed by atoms with E-state index >= 15 is 0 Å². The third-order valence-electron chi connectivity index (χ3n) is 3.04. The summed E-state index contributed by atoms with van der Waals surface area (Å²) in [5.74, 6) is -1.99. The highest BCUT2D eigenvalue weighted by atomic mass is 127. The first-order valence-corrected chi connectivity index (χ1v) is 9.53. The largest absolute Gasteiger partial charge is 0.480 e. The predicted molar refractivity (Wildman–Crippen MR) is 108 cm³/mol. The van der Waals surface area contributed by atoms with Gasteiger partial charge < -0.3 is 9.84 Å². The number of hydrogen-bond donors (Lipinski definition) is 1. The van der Waals surface area contributed by atoms with Crippen LogP contribution in [0.25, 0.3) is 0 Å². The maximum Gasteiger partial charge on any atom is 0.419 e. The molecule has 2 atom stereocenters. The summed E-state index contributed by atoms with van der Waals surface area (Å²) in [5, 5.41) is 9.38. The molecule has 7 nitrogen and oxygen atoms in total. The van der Waals surface area contributed by atoms with Crippen LogP contribution in [0.1, 0.15) is 48.5 Å². The van der Waals surface area contributed by atoms with Crippen LogP contribution in [0.4, 0.5) is 4.79 Å². The molecule has 0 aliphatic rings. The number of nitrogens with zero attached hydrogens (tertiary/aromatic N) is 2. The molecule has 0 bridgehead atoms. The maximum atomic E-state index is 12.8. The Balaban J connectivity index is 5.48. The average molecular weight is 568 g/mol. The molecule has 0 aliphatic carbocycles. The summed E-state index contributed by atoms with van der Waals surface area (Å²) < 4.78 is 7.69. The molecule has 1 N–H and O–H groups in total. The molecule has 0 aliphatic heterocycles. The van der Waals surface area contributed by atoms with Crippen LogP contribution in [-0.2, 0) is 14.3 Å². The van der Waals surface area contributed by atoms with Crippen molar-refractivity contribution in [2.24, 2.45) is 11.8 Å². The average Bonchev–Trinajstić information content (AvgIpc) is 2.34. The van der Waals surface area contributed by atoms with Crippen LogP contribution in [0, 0.1) is 11.8 Å². The summed E-state index contributed by atoms with van der Waals surface area (Å²) in [6.07, 6.45) is -0.628. The molecular formula is C15H26I2N2O5. The van der Waals surface area contributed by atoms with Crippen molar-refractivity contribution < 1.29 is 24.2 Å². The lowest BCUT2D eigenvalue weighted by atomic mass is 10.0. The van der Waals surface area contributed by atoms with Crippen LogP contribution in [-0.4, -0.2) is 47.0 Å². The Hall–Kier alpha value is -0.330. The first kappa shape index (κ1) is 23.7. The number of amides is 2. The van der Waals surface area contributed by atoms with E-state index in [2.05, 4.69) is 0 Å². The molecule has 0 aromatic carbocycles. The molecule has 24 heavy (non-hydrogen) atoms.